The molecule has 2 aromatic rings. The van der Waals surface area contributed by atoms with Crippen molar-refractivity contribution in [3.8, 4) is 0 Å². The minimum absolute atomic E-state index is 0.382. The Bertz CT molecular complexity index is 584. The first-order valence-corrected chi connectivity index (χ1v) is 7.68. The van der Waals surface area contributed by atoms with Crippen molar-refractivity contribution in [3.63, 3.8) is 0 Å². The molecule has 1 aromatic heterocycles. The van der Waals surface area contributed by atoms with Crippen LogP contribution in [0, 0.1) is 0 Å². The summed E-state index contributed by atoms with van der Waals surface area (Å²) in [5.74, 6) is 0.837. The van der Waals surface area contributed by atoms with Crippen LogP contribution in [-0.2, 0) is 6.42 Å². The van der Waals surface area contributed by atoms with Gasteiger partial charge in [-0.1, -0.05) is 49.7 Å². The standard InChI is InChI=1S/C17H21N3S/c1-2-3-12-20(17(18)21)16-11-7-10-15(19-16)13-14-8-5-4-6-9-14/h4-11H,2-3,12-13H2,1H3,(H2,18,21). The minimum Gasteiger partial charge on any atom is -0.376 e. The van der Waals surface area contributed by atoms with E-state index in [1.165, 1.54) is 5.56 Å². The number of hydrogen-bond donors (Lipinski definition) is 1. The van der Waals surface area contributed by atoms with Gasteiger partial charge in [0.25, 0.3) is 0 Å². The van der Waals surface area contributed by atoms with Gasteiger partial charge in [-0.15, -0.1) is 0 Å². The highest BCUT2D eigenvalue weighted by molar-refractivity contribution is 7.80. The fraction of sp³-hybridized carbons (Fsp3) is 0.294. The van der Waals surface area contributed by atoms with Crippen LogP contribution in [0.15, 0.2) is 48.5 Å². The van der Waals surface area contributed by atoms with Crippen molar-refractivity contribution in [2.45, 2.75) is 26.2 Å². The van der Waals surface area contributed by atoms with Crippen LogP contribution < -0.4 is 10.6 Å². The van der Waals surface area contributed by atoms with E-state index in [2.05, 4.69) is 19.1 Å². The highest BCUT2D eigenvalue weighted by Gasteiger charge is 2.10. The molecule has 2 N–H and O–H groups in total. The molecule has 0 saturated heterocycles. The van der Waals surface area contributed by atoms with Crippen molar-refractivity contribution in [3.05, 3.63) is 59.8 Å². The Kier molecular flexibility index (Phi) is 5.69. The van der Waals surface area contributed by atoms with Crippen molar-refractivity contribution in [2.24, 2.45) is 5.73 Å². The molecule has 1 aromatic carbocycles. The second-order valence-corrected chi connectivity index (χ2v) is 5.41. The van der Waals surface area contributed by atoms with E-state index in [-0.39, 0.29) is 0 Å². The van der Waals surface area contributed by atoms with Crippen LogP contribution in [0.3, 0.4) is 0 Å². The first-order chi connectivity index (χ1) is 10.2. The monoisotopic (exact) mass is 299 g/mol. The maximum atomic E-state index is 5.83. The zero-order valence-electron chi connectivity index (χ0n) is 12.3. The Hall–Kier alpha value is -1.94. The maximum Gasteiger partial charge on any atom is 0.171 e. The highest BCUT2D eigenvalue weighted by Crippen LogP contribution is 2.15. The molecule has 0 unspecified atom stereocenters. The van der Waals surface area contributed by atoms with Gasteiger partial charge in [-0.3, -0.25) is 0 Å². The summed E-state index contributed by atoms with van der Waals surface area (Å²) in [7, 11) is 0. The number of anilines is 1. The second kappa shape index (κ2) is 7.74. The molecular weight excluding hydrogens is 278 g/mol. The zero-order chi connectivity index (χ0) is 15.1. The fourth-order valence-electron chi connectivity index (χ4n) is 2.17. The highest BCUT2D eigenvalue weighted by atomic mass is 32.1. The van der Waals surface area contributed by atoms with Crippen LogP contribution in [0.25, 0.3) is 0 Å². The van der Waals surface area contributed by atoms with Crippen LogP contribution in [0.5, 0.6) is 0 Å². The summed E-state index contributed by atoms with van der Waals surface area (Å²) in [6, 6.07) is 16.3. The molecule has 0 spiro atoms. The number of rotatable bonds is 6. The lowest BCUT2D eigenvalue weighted by molar-refractivity contribution is 0.788. The van der Waals surface area contributed by atoms with E-state index in [1.54, 1.807) is 0 Å². The van der Waals surface area contributed by atoms with Crippen molar-refractivity contribution in [1.82, 2.24) is 4.98 Å². The third-order valence-corrected chi connectivity index (χ3v) is 3.52. The van der Waals surface area contributed by atoms with E-state index >= 15 is 0 Å². The Morgan fingerprint density at radius 2 is 1.90 bits per heavy atom. The third-order valence-electron chi connectivity index (χ3n) is 3.30. The van der Waals surface area contributed by atoms with Gasteiger partial charge in [0.05, 0.1) is 0 Å². The van der Waals surface area contributed by atoms with Gasteiger partial charge >= 0.3 is 0 Å². The predicted octanol–water partition coefficient (Wildman–Crippen LogP) is 3.52. The number of unbranched alkanes of at least 4 members (excludes halogenated alkanes) is 1. The molecule has 110 valence electrons. The summed E-state index contributed by atoms with van der Waals surface area (Å²) >= 11 is 5.15. The number of pyridine rings is 1. The number of hydrogen-bond acceptors (Lipinski definition) is 2. The maximum absolute atomic E-state index is 5.83. The van der Waals surface area contributed by atoms with Gasteiger partial charge in [-0.2, -0.15) is 0 Å². The molecule has 0 fully saturated rings. The molecule has 21 heavy (non-hydrogen) atoms. The van der Waals surface area contributed by atoms with Gasteiger partial charge in [0.2, 0.25) is 0 Å². The first-order valence-electron chi connectivity index (χ1n) is 7.27. The number of nitrogens with two attached hydrogens (primary N) is 1. The molecule has 0 aliphatic rings. The summed E-state index contributed by atoms with van der Waals surface area (Å²) in [4.78, 5) is 6.61. The van der Waals surface area contributed by atoms with Crippen molar-refractivity contribution < 1.29 is 0 Å². The lowest BCUT2D eigenvalue weighted by Gasteiger charge is -2.22. The molecule has 0 atom stereocenters. The average molecular weight is 299 g/mol. The van der Waals surface area contributed by atoms with Crippen LogP contribution >= 0.6 is 12.2 Å². The molecule has 0 radical (unpaired) electrons. The van der Waals surface area contributed by atoms with Gasteiger partial charge in [-0.05, 0) is 36.3 Å². The van der Waals surface area contributed by atoms with E-state index in [1.807, 2.05) is 41.3 Å². The number of nitrogens with zero attached hydrogens (tertiary/aromatic N) is 2. The van der Waals surface area contributed by atoms with Gasteiger partial charge in [0.15, 0.2) is 5.11 Å². The summed E-state index contributed by atoms with van der Waals surface area (Å²) in [5, 5.41) is 0.382. The predicted molar refractivity (Wildman–Crippen MR) is 92.5 cm³/mol. The molecule has 4 heteroatoms. The topological polar surface area (TPSA) is 42.1 Å². The lowest BCUT2D eigenvalue weighted by atomic mass is 10.1. The number of thiocarbonyl (C=S) groups is 1. The van der Waals surface area contributed by atoms with Gasteiger partial charge < -0.3 is 10.6 Å². The second-order valence-electron chi connectivity index (χ2n) is 4.99. The van der Waals surface area contributed by atoms with E-state index in [4.69, 9.17) is 22.9 Å². The summed E-state index contributed by atoms with van der Waals surface area (Å²) in [6.45, 7) is 2.96. The van der Waals surface area contributed by atoms with Gasteiger partial charge in [0, 0.05) is 18.7 Å². The lowest BCUT2D eigenvalue weighted by Crippen LogP contribution is -2.37. The molecule has 3 nitrogen and oxygen atoms in total. The average Bonchev–Trinajstić information content (AvgIpc) is 2.49. The number of aromatic nitrogens is 1. The molecule has 0 saturated carbocycles. The number of benzene rings is 1. The third kappa shape index (κ3) is 4.53. The summed E-state index contributed by atoms with van der Waals surface area (Å²) in [5.41, 5.74) is 8.10. The summed E-state index contributed by atoms with van der Waals surface area (Å²) < 4.78 is 0. The van der Waals surface area contributed by atoms with E-state index in [0.29, 0.717) is 5.11 Å². The normalized spacial score (nSPS) is 10.3. The molecule has 0 amide bonds. The van der Waals surface area contributed by atoms with Gasteiger partial charge in [0.1, 0.15) is 5.82 Å². The fourth-order valence-corrected chi connectivity index (χ4v) is 2.36. The smallest absolute Gasteiger partial charge is 0.171 e. The molecular formula is C17H21N3S. The van der Waals surface area contributed by atoms with Crippen LogP contribution in [0.4, 0.5) is 5.82 Å². The quantitative estimate of drug-likeness (QED) is 0.829. The SMILES string of the molecule is CCCCN(C(N)=S)c1cccc(Cc2ccccc2)n1. The first kappa shape index (κ1) is 15.4. The molecule has 2 rings (SSSR count). The molecule has 0 bridgehead atoms. The Labute approximate surface area is 131 Å². The Morgan fingerprint density at radius 1 is 1.14 bits per heavy atom. The molecule has 1 heterocycles. The van der Waals surface area contributed by atoms with Crippen molar-refractivity contribution in [2.75, 3.05) is 11.4 Å². The largest absolute Gasteiger partial charge is 0.376 e. The van der Waals surface area contributed by atoms with E-state index in [0.717, 1.165) is 37.3 Å². The Morgan fingerprint density at radius 3 is 2.57 bits per heavy atom. The van der Waals surface area contributed by atoms with Crippen molar-refractivity contribution >= 4 is 23.1 Å². The van der Waals surface area contributed by atoms with Crippen LogP contribution in [-0.4, -0.2) is 16.6 Å². The zero-order valence-corrected chi connectivity index (χ0v) is 13.1. The summed E-state index contributed by atoms with van der Waals surface area (Å²) in [6.07, 6.45) is 2.96. The molecule has 0 aliphatic heterocycles. The Balaban J connectivity index is 2.17. The minimum atomic E-state index is 0.382. The van der Waals surface area contributed by atoms with Gasteiger partial charge in [-0.25, -0.2) is 4.98 Å². The van der Waals surface area contributed by atoms with Crippen LogP contribution in [0.2, 0.25) is 0 Å². The van der Waals surface area contributed by atoms with E-state index in [9.17, 15) is 0 Å². The van der Waals surface area contributed by atoms with Crippen molar-refractivity contribution in [1.29, 1.82) is 0 Å². The molecule has 0 aliphatic carbocycles. The van der Waals surface area contributed by atoms with E-state index < -0.39 is 0 Å². The van der Waals surface area contributed by atoms with Crippen LogP contribution in [0.1, 0.15) is 31.0 Å².